The van der Waals surface area contributed by atoms with Crippen LogP contribution in [0.3, 0.4) is 0 Å². The molecular formula is C29H30N2O2. The van der Waals surface area contributed by atoms with Gasteiger partial charge in [-0.05, 0) is 71.6 Å². The number of piperidine rings is 2. The molecule has 6 rings (SSSR count). The molecular weight excluding hydrogens is 408 g/mol. The van der Waals surface area contributed by atoms with Gasteiger partial charge in [-0.1, -0.05) is 54.6 Å². The minimum absolute atomic E-state index is 0.0286. The number of nitrogens with zero attached hydrogens (tertiary/aromatic N) is 1. The fraction of sp³-hybridized carbons (Fsp3) is 0.379. The number of amides is 2. The monoisotopic (exact) mass is 438 g/mol. The molecule has 4 nitrogen and oxygen atoms in total. The van der Waals surface area contributed by atoms with E-state index in [0.29, 0.717) is 13.0 Å². The first-order chi connectivity index (χ1) is 16.1. The molecule has 2 aliphatic heterocycles. The topological polar surface area (TPSA) is 49.4 Å². The first-order valence-corrected chi connectivity index (χ1v) is 12.3. The van der Waals surface area contributed by atoms with Gasteiger partial charge in [-0.3, -0.25) is 9.59 Å². The van der Waals surface area contributed by atoms with E-state index >= 15 is 0 Å². The average molecular weight is 439 g/mol. The van der Waals surface area contributed by atoms with Gasteiger partial charge in [0.05, 0.1) is 0 Å². The maximum absolute atomic E-state index is 13.7. The summed E-state index contributed by atoms with van der Waals surface area (Å²) in [6.07, 6.45) is 6.13. The number of carbonyl (C=O) groups excluding carboxylic acids is 2. The zero-order valence-electron chi connectivity index (χ0n) is 19.0. The SMILES string of the molecule is O=C1CCC2(CCCN(C(=O)c3cccc4c(-c5ccc(C6CC6)cc5)cccc34)C2)CN1. The molecule has 0 aromatic heterocycles. The van der Waals surface area contributed by atoms with Crippen molar-refractivity contribution < 1.29 is 9.59 Å². The first-order valence-electron chi connectivity index (χ1n) is 12.3. The van der Waals surface area contributed by atoms with Gasteiger partial charge in [0.2, 0.25) is 5.91 Å². The number of benzene rings is 3. The molecule has 1 spiro atoms. The number of likely N-dealkylation sites (tertiary alicyclic amines) is 1. The fourth-order valence-corrected chi connectivity index (χ4v) is 5.84. The van der Waals surface area contributed by atoms with Crippen LogP contribution in [0.2, 0.25) is 0 Å². The van der Waals surface area contributed by atoms with E-state index in [1.54, 1.807) is 0 Å². The van der Waals surface area contributed by atoms with Gasteiger partial charge in [0.15, 0.2) is 0 Å². The predicted molar refractivity (Wildman–Crippen MR) is 131 cm³/mol. The zero-order valence-corrected chi connectivity index (χ0v) is 19.0. The summed E-state index contributed by atoms with van der Waals surface area (Å²) in [4.78, 5) is 27.4. The van der Waals surface area contributed by atoms with Crippen LogP contribution in [0.1, 0.15) is 60.4 Å². The smallest absolute Gasteiger partial charge is 0.254 e. The van der Waals surface area contributed by atoms with Gasteiger partial charge < -0.3 is 10.2 Å². The Morgan fingerprint density at radius 3 is 2.48 bits per heavy atom. The quantitative estimate of drug-likeness (QED) is 0.586. The maximum Gasteiger partial charge on any atom is 0.254 e. The normalized spacial score (nSPS) is 23.0. The van der Waals surface area contributed by atoms with E-state index in [2.05, 4.69) is 53.8 Å². The van der Waals surface area contributed by atoms with E-state index in [9.17, 15) is 9.59 Å². The Hall–Kier alpha value is -3.14. The summed E-state index contributed by atoms with van der Waals surface area (Å²) in [5.41, 5.74) is 4.62. The van der Waals surface area contributed by atoms with E-state index in [1.807, 2.05) is 17.0 Å². The summed E-state index contributed by atoms with van der Waals surface area (Å²) in [6, 6.07) is 21.4. The van der Waals surface area contributed by atoms with E-state index in [1.165, 1.54) is 29.5 Å². The lowest BCUT2D eigenvalue weighted by atomic mass is 9.74. The van der Waals surface area contributed by atoms with Gasteiger partial charge in [-0.2, -0.15) is 0 Å². The minimum atomic E-state index is 0.0286. The minimum Gasteiger partial charge on any atom is -0.355 e. The van der Waals surface area contributed by atoms with Crippen LogP contribution in [0.4, 0.5) is 0 Å². The van der Waals surface area contributed by atoms with Gasteiger partial charge in [0.1, 0.15) is 0 Å². The van der Waals surface area contributed by atoms with Crippen LogP contribution in [-0.4, -0.2) is 36.3 Å². The van der Waals surface area contributed by atoms with Crippen LogP contribution in [-0.2, 0) is 4.79 Å². The molecule has 1 saturated carbocycles. The van der Waals surface area contributed by atoms with Gasteiger partial charge in [0, 0.05) is 37.0 Å². The second kappa shape index (κ2) is 8.02. The van der Waals surface area contributed by atoms with Crippen molar-refractivity contribution in [1.29, 1.82) is 0 Å². The van der Waals surface area contributed by atoms with Crippen molar-refractivity contribution in [3.63, 3.8) is 0 Å². The highest BCUT2D eigenvalue weighted by atomic mass is 16.2. The Balaban J connectivity index is 1.32. The largest absolute Gasteiger partial charge is 0.355 e. The summed E-state index contributed by atoms with van der Waals surface area (Å²) in [5.74, 6) is 0.995. The zero-order chi connectivity index (χ0) is 22.4. The molecule has 3 aliphatic rings. The summed E-state index contributed by atoms with van der Waals surface area (Å²) >= 11 is 0. The lowest BCUT2D eigenvalue weighted by Gasteiger charge is -2.45. The van der Waals surface area contributed by atoms with E-state index in [-0.39, 0.29) is 17.2 Å². The van der Waals surface area contributed by atoms with Crippen LogP contribution in [0.15, 0.2) is 60.7 Å². The van der Waals surface area contributed by atoms with Crippen molar-refractivity contribution in [2.24, 2.45) is 5.41 Å². The highest BCUT2D eigenvalue weighted by molar-refractivity contribution is 6.10. The van der Waals surface area contributed by atoms with E-state index in [0.717, 1.165) is 54.6 Å². The van der Waals surface area contributed by atoms with Crippen molar-refractivity contribution in [2.75, 3.05) is 19.6 Å². The van der Waals surface area contributed by atoms with E-state index in [4.69, 9.17) is 0 Å². The molecule has 33 heavy (non-hydrogen) atoms. The molecule has 1 atom stereocenters. The Morgan fingerprint density at radius 2 is 1.73 bits per heavy atom. The van der Waals surface area contributed by atoms with E-state index < -0.39 is 0 Å². The second-order valence-corrected chi connectivity index (χ2v) is 10.2. The Morgan fingerprint density at radius 1 is 0.939 bits per heavy atom. The third-order valence-corrected chi connectivity index (χ3v) is 7.91. The summed E-state index contributed by atoms with van der Waals surface area (Å²) in [7, 11) is 0. The Bertz CT molecular complexity index is 1220. The summed E-state index contributed by atoms with van der Waals surface area (Å²) in [6.45, 7) is 2.20. The summed E-state index contributed by atoms with van der Waals surface area (Å²) < 4.78 is 0. The molecule has 4 heteroatoms. The second-order valence-electron chi connectivity index (χ2n) is 10.2. The standard InChI is InChI=1S/C29H30N2O2/c32-27-14-16-29(18-30-27)15-3-17-31(19-29)28(33)26-7-2-5-24-23(4-1-6-25(24)26)22-12-10-21(11-13-22)20-8-9-20/h1-2,4-7,10-13,20H,3,8-9,14-19H2,(H,30,32). The van der Waals surface area contributed by atoms with Crippen molar-refractivity contribution in [2.45, 2.75) is 44.4 Å². The van der Waals surface area contributed by atoms with Crippen LogP contribution in [0.5, 0.6) is 0 Å². The molecule has 1 unspecified atom stereocenters. The highest BCUT2D eigenvalue weighted by Gasteiger charge is 2.40. The predicted octanol–water partition coefficient (Wildman–Crippen LogP) is 5.52. The number of hydrogen-bond acceptors (Lipinski definition) is 2. The molecule has 3 aromatic rings. The summed E-state index contributed by atoms with van der Waals surface area (Å²) in [5, 5.41) is 5.18. The van der Waals surface area contributed by atoms with Crippen LogP contribution >= 0.6 is 0 Å². The van der Waals surface area contributed by atoms with Crippen LogP contribution in [0.25, 0.3) is 21.9 Å². The number of fused-ring (bicyclic) bond motifs is 1. The number of nitrogens with one attached hydrogen (secondary N) is 1. The van der Waals surface area contributed by atoms with Crippen molar-refractivity contribution >= 4 is 22.6 Å². The molecule has 3 aromatic carbocycles. The third-order valence-electron chi connectivity index (χ3n) is 7.91. The average Bonchev–Trinajstić information content (AvgIpc) is 3.71. The Kier molecular flexibility index (Phi) is 4.97. The van der Waals surface area contributed by atoms with Crippen molar-refractivity contribution in [3.05, 3.63) is 71.8 Å². The molecule has 3 fully saturated rings. The third kappa shape index (κ3) is 3.82. The highest BCUT2D eigenvalue weighted by Crippen LogP contribution is 2.41. The molecule has 1 aliphatic carbocycles. The number of hydrogen-bond donors (Lipinski definition) is 1. The van der Waals surface area contributed by atoms with Gasteiger partial charge in [-0.25, -0.2) is 0 Å². The molecule has 2 heterocycles. The molecule has 0 radical (unpaired) electrons. The van der Waals surface area contributed by atoms with Gasteiger partial charge >= 0.3 is 0 Å². The van der Waals surface area contributed by atoms with Gasteiger partial charge in [0.25, 0.3) is 5.91 Å². The molecule has 2 saturated heterocycles. The lowest BCUT2D eigenvalue weighted by Crippen LogP contribution is -2.53. The maximum atomic E-state index is 13.7. The molecule has 0 bridgehead atoms. The molecule has 1 N–H and O–H groups in total. The molecule has 2 amide bonds. The van der Waals surface area contributed by atoms with Crippen molar-refractivity contribution in [1.82, 2.24) is 10.2 Å². The van der Waals surface area contributed by atoms with Crippen LogP contribution < -0.4 is 5.32 Å². The van der Waals surface area contributed by atoms with Crippen LogP contribution in [0, 0.1) is 5.41 Å². The Labute approximate surface area is 195 Å². The van der Waals surface area contributed by atoms with Gasteiger partial charge in [-0.15, -0.1) is 0 Å². The van der Waals surface area contributed by atoms with Crippen molar-refractivity contribution in [3.8, 4) is 11.1 Å². The fourth-order valence-electron chi connectivity index (χ4n) is 5.84. The lowest BCUT2D eigenvalue weighted by molar-refractivity contribution is -0.125. The number of carbonyl (C=O) groups is 2. The molecule has 168 valence electrons. The first kappa shape index (κ1) is 20.5. The number of rotatable bonds is 3.